The van der Waals surface area contributed by atoms with Gasteiger partial charge >= 0.3 is 7.12 Å². The second-order valence-corrected chi connectivity index (χ2v) is 8.95. The Balaban J connectivity index is 2.18. The molecule has 0 spiro atoms. The zero-order valence-corrected chi connectivity index (χ0v) is 16.8. The van der Waals surface area contributed by atoms with Gasteiger partial charge in [0.2, 0.25) is 0 Å². The van der Waals surface area contributed by atoms with Crippen LogP contribution in [0.4, 0.5) is 0 Å². The Morgan fingerprint density at radius 2 is 2.00 bits per heavy atom. The highest BCUT2D eigenvalue weighted by atomic mass is 16.7. The summed E-state index contributed by atoms with van der Waals surface area (Å²) >= 11 is 0. The van der Waals surface area contributed by atoms with E-state index >= 15 is 0 Å². The number of hydrogen-bond donors (Lipinski definition) is 0. The van der Waals surface area contributed by atoms with Gasteiger partial charge < -0.3 is 9.31 Å². The van der Waals surface area contributed by atoms with Crippen LogP contribution in [-0.2, 0) is 9.31 Å². The smallest absolute Gasteiger partial charge is 0.403 e. The van der Waals surface area contributed by atoms with Crippen LogP contribution >= 0.6 is 0 Å². The SMILES string of the molecule is CCC(C)(CC1=CN(C)N=CC1)B1OC(C)(C)C(C)(CC(C)C)O1. The minimum absolute atomic E-state index is 0.0378. The van der Waals surface area contributed by atoms with Crippen molar-refractivity contribution in [1.82, 2.24) is 5.01 Å². The Bertz CT molecular complexity index is 517. The molecule has 24 heavy (non-hydrogen) atoms. The highest BCUT2D eigenvalue weighted by Gasteiger charge is 2.59. The molecular weight excluding hydrogens is 299 g/mol. The molecule has 0 saturated carbocycles. The zero-order valence-electron chi connectivity index (χ0n) is 16.8. The summed E-state index contributed by atoms with van der Waals surface area (Å²) in [7, 11) is 1.80. The summed E-state index contributed by atoms with van der Waals surface area (Å²) in [5.41, 5.74) is 0.860. The second kappa shape index (κ2) is 6.83. The van der Waals surface area contributed by atoms with Gasteiger partial charge in [-0.25, -0.2) is 0 Å². The van der Waals surface area contributed by atoms with Crippen LogP contribution in [0.15, 0.2) is 16.9 Å². The van der Waals surface area contributed by atoms with E-state index < -0.39 is 0 Å². The first-order valence-corrected chi connectivity index (χ1v) is 9.32. The summed E-state index contributed by atoms with van der Waals surface area (Å²) in [6, 6.07) is 0. The van der Waals surface area contributed by atoms with Crippen molar-refractivity contribution in [2.45, 2.75) is 90.7 Å². The van der Waals surface area contributed by atoms with Crippen LogP contribution in [0.1, 0.15) is 74.1 Å². The van der Waals surface area contributed by atoms with Crippen LogP contribution in [0.25, 0.3) is 0 Å². The van der Waals surface area contributed by atoms with Crippen LogP contribution in [0.3, 0.4) is 0 Å². The molecule has 0 N–H and O–H groups in total. The van der Waals surface area contributed by atoms with E-state index in [-0.39, 0.29) is 23.6 Å². The van der Waals surface area contributed by atoms with E-state index in [4.69, 9.17) is 9.31 Å². The van der Waals surface area contributed by atoms with E-state index in [1.807, 2.05) is 18.3 Å². The second-order valence-electron chi connectivity index (χ2n) is 8.95. The molecule has 0 aromatic heterocycles. The maximum atomic E-state index is 6.60. The molecule has 2 rings (SSSR count). The molecular formula is C19H35BN2O2. The van der Waals surface area contributed by atoms with Crippen molar-refractivity contribution in [3.63, 3.8) is 0 Å². The van der Waals surface area contributed by atoms with E-state index in [0.717, 1.165) is 25.7 Å². The zero-order chi connectivity index (χ0) is 18.2. The molecule has 0 bridgehead atoms. The van der Waals surface area contributed by atoms with Gasteiger partial charge in [0.15, 0.2) is 0 Å². The van der Waals surface area contributed by atoms with Crippen LogP contribution in [-0.4, -0.2) is 36.6 Å². The third-order valence-electron chi connectivity index (χ3n) is 5.83. The largest absolute Gasteiger partial charge is 0.464 e. The number of hydrazone groups is 1. The van der Waals surface area contributed by atoms with E-state index in [9.17, 15) is 0 Å². The molecule has 2 aliphatic heterocycles. The summed E-state index contributed by atoms with van der Waals surface area (Å²) in [6.45, 7) is 15.6. The average molecular weight is 334 g/mol. The van der Waals surface area contributed by atoms with Gasteiger partial charge in [0.1, 0.15) is 0 Å². The van der Waals surface area contributed by atoms with E-state index in [1.54, 1.807) is 0 Å². The summed E-state index contributed by atoms with van der Waals surface area (Å²) in [5.74, 6) is 0.579. The molecule has 1 fully saturated rings. The van der Waals surface area contributed by atoms with Gasteiger partial charge in [-0.3, -0.25) is 5.01 Å². The molecule has 2 heterocycles. The normalized spacial score (nSPS) is 29.1. The summed E-state index contributed by atoms with van der Waals surface area (Å²) in [6.07, 6.45) is 8.03. The fraction of sp³-hybridized carbons (Fsp3) is 0.842. The molecule has 0 aromatic rings. The van der Waals surface area contributed by atoms with Crippen molar-refractivity contribution in [3.8, 4) is 0 Å². The molecule has 0 radical (unpaired) electrons. The fourth-order valence-corrected chi connectivity index (χ4v) is 3.80. The topological polar surface area (TPSA) is 34.1 Å². The van der Waals surface area contributed by atoms with Crippen LogP contribution in [0.2, 0.25) is 5.31 Å². The van der Waals surface area contributed by atoms with Gasteiger partial charge in [-0.1, -0.05) is 34.1 Å². The maximum absolute atomic E-state index is 6.60. The Hall–Kier alpha value is -0.805. The molecule has 5 heteroatoms. The van der Waals surface area contributed by atoms with Gasteiger partial charge in [-0.2, -0.15) is 5.10 Å². The molecule has 4 nitrogen and oxygen atoms in total. The number of rotatable bonds is 6. The predicted molar refractivity (Wildman–Crippen MR) is 102 cm³/mol. The van der Waals surface area contributed by atoms with Gasteiger partial charge in [0.05, 0.1) is 11.2 Å². The van der Waals surface area contributed by atoms with Crippen molar-refractivity contribution in [3.05, 3.63) is 11.8 Å². The molecule has 2 unspecified atom stereocenters. The molecule has 0 amide bonds. The molecule has 0 aromatic carbocycles. The lowest BCUT2D eigenvalue weighted by Gasteiger charge is -2.37. The van der Waals surface area contributed by atoms with Gasteiger partial charge in [-0.05, 0) is 45.1 Å². The van der Waals surface area contributed by atoms with Crippen molar-refractivity contribution < 1.29 is 9.31 Å². The van der Waals surface area contributed by atoms with Crippen LogP contribution in [0.5, 0.6) is 0 Å². The van der Waals surface area contributed by atoms with Gasteiger partial charge in [0.25, 0.3) is 0 Å². The monoisotopic (exact) mass is 334 g/mol. The first kappa shape index (κ1) is 19.5. The highest BCUT2D eigenvalue weighted by Crippen LogP contribution is 2.51. The van der Waals surface area contributed by atoms with Gasteiger partial charge in [-0.15, -0.1) is 0 Å². The Kier molecular flexibility index (Phi) is 5.56. The van der Waals surface area contributed by atoms with Crippen molar-refractivity contribution in [2.75, 3.05) is 7.05 Å². The van der Waals surface area contributed by atoms with Crippen LogP contribution in [0, 0.1) is 5.92 Å². The number of hydrogen-bond acceptors (Lipinski definition) is 4. The quantitative estimate of drug-likeness (QED) is 0.650. The lowest BCUT2D eigenvalue weighted by atomic mass is 9.54. The molecule has 2 aliphatic rings. The van der Waals surface area contributed by atoms with E-state index in [0.29, 0.717) is 5.92 Å². The Labute approximate surface area is 148 Å². The van der Waals surface area contributed by atoms with Crippen molar-refractivity contribution >= 4 is 13.3 Å². The molecule has 136 valence electrons. The van der Waals surface area contributed by atoms with E-state index in [2.05, 4.69) is 59.8 Å². The summed E-state index contributed by atoms with van der Waals surface area (Å²) in [5, 5.41) is 6.13. The average Bonchev–Trinajstić information content (AvgIpc) is 2.68. The van der Waals surface area contributed by atoms with Crippen molar-refractivity contribution in [2.24, 2.45) is 11.0 Å². The predicted octanol–water partition coefficient (Wildman–Crippen LogP) is 4.87. The molecule has 1 saturated heterocycles. The van der Waals surface area contributed by atoms with E-state index in [1.165, 1.54) is 5.57 Å². The molecule has 0 aliphatic carbocycles. The lowest BCUT2D eigenvalue weighted by molar-refractivity contribution is -0.0239. The van der Waals surface area contributed by atoms with Crippen molar-refractivity contribution in [1.29, 1.82) is 0 Å². The third kappa shape index (κ3) is 3.88. The Morgan fingerprint density at radius 1 is 1.33 bits per heavy atom. The number of nitrogens with zero attached hydrogens (tertiary/aromatic N) is 2. The minimum Gasteiger partial charge on any atom is -0.403 e. The summed E-state index contributed by atoms with van der Waals surface area (Å²) < 4.78 is 13.1. The summed E-state index contributed by atoms with van der Waals surface area (Å²) in [4.78, 5) is 0. The first-order chi connectivity index (χ1) is 11.0. The van der Waals surface area contributed by atoms with Crippen LogP contribution < -0.4 is 0 Å². The highest BCUT2D eigenvalue weighted by molar-refractivity contribution is 6.49. The maximum Gasteiger partial charge on any atom is 0.464 e. The standard InChI is InChI=1S/C19H35BN2O2/c1-9-18(6,13-16-10-11-21-22(8)14-16)20-23-17(4,5)19(7,24-20)12-15(2)3/h11,14-15H,9-10,12-13H2,1-8H3. The number of allylic oxidation sites excluding steroid dienone is 1. The third-order valence-corrected chi connectivity index (χ3v) is 5.83. The minimum atomic E-state index is -0.280. The lowest BCUT2D eigenvalue weighted by Crippen LogP contribution is -2.45. The first-order valence-electron chi connectivity index (χ1n) is 9.32. The Morgan fingerprint density at radius 3 is 2.54 bits per heavy atom. The molecule has 2 atom stereocenters. The van der Waals surface area contributed by atoms with Gasteiger partial charge in [0, 0.05) is 31.2 Å². The fourth-order valence-electron chi connectivity index (χ4n) is 3.80.